The SMILES string of the molecule is CCOC(=O)[C@@]12CC(C)=CC[C@]1([N+](=O)[O-])C(c1ccccc1)=NO2. The van der Waals surface area contributed by atoms with Crippen LogP contribution in [0.1, 0.15) is 32.3 Å². The smallest absolute Gasteiger partial charge is 0.362 e. The van der Waals surface area contributed by atoms with Gasteiger partial charge >= 0.3 is 17.1 Å². The van der Waals surface area contributed by atoms with Gasteiger partial charge in [-0.3, -0.25) is 10.1 Å². The zero-order valence-corrected chi connectivity index (χ0v) is 13.5. The number of hydrogen-bond donors (Lipinski definition) is 0. The molecule has 3 rings (SSSR count). The van der Waals surface area contributed by atoms with Crippen molar-refractivity contribution in [2.75, 3.05) is 6.61 Å². The number of benzene rings is 1. The zero-order valence-electron chi connectivity index (χ0n) is 13.5. The quantitative estimate of drug-likeness (QED) is 0.366. The topological polar surface area (TPSA) is 91.0 Å². The molecule has 0 N–H and O–H groups in total. The molecule has 7 nitrogen and oxygen atoms in total. The molecule has 2 atom stereocenters. The van der Waals surface area contributed by atoms with E-state index in [0.29, 0.717) is 5.56 Å². The number of oxime groups is 1. The number of ether oxygens (including phenoxy) is 1. The van der Waals surface area contributed by atoms with Crippen LogP contribution in [-0.2, 0) is 14.4 Å². The first-order valence-corrected chi connectivity index (χ1v) is 7.77. The summed E-state index contributed by atoms with van der Waals surface area (Å²) in [4.78, 5) is 29.9. The molecule has 0 fully saturated rings. The molecule has 1 aromatic rings. The first-order valence-electron chi connectivity index (χ1n) is 7.77. The van der Waals surface area contributed by atoms with Gasteiger partial charge in [0.1, 0.15) is 0 Å². The molecule has 126 valence electrons. The van der Waals surface area contributed by atoms with E-state index in [1.807, 2.05) is 13.0 Å². The van der Waals surface area contributed by atoms with E-state index in [0.717, 1.165) is 5.57 Å². The average Bonchev–Trinajstić information content (AvgIpc) is 2.92. The largest absolute Gasteiger partial charge is 0.463 e. The Bertz CT molecular complexity index is 743. The third kappa shape index (κ3) is 2.04. The minimum atomic E-state index is -1.79. The summed E-state index contributed by atoms with van der Waals surface area (Å²) in [5.41, 5.74) is -2.00. The molecule has 0 amide bonds. The molecule has 2 aliphatic rings. The van der Waals surface area contributed by atoms with Gasteiger partial charge in [-0.15, -0.1) is 0 Å². The number of esters is 1. The standard InChI is InChI=1S/C17H18N2O5/c1-3-23-15(20)17-11-12(2)9-10-16(17,19(21)22)14(18-24-17)13-7-5-4-6-8-13/h4-9H,3,10-11H2,1-2H3/t16-,17-/m0/s1. The third-order valence-corrected chi connectivity index (χ3v) is 4.59. The van der Waals surface area contributed by atoms with Gasteiger partial charge in [0.15, 0.2) is 5.71 Å². The molecule has 0 unspecified atom stereocenters. The summed E-state index contributed by atoms with van der Waals surface area (Å²) in [5.74, 6) is -0.746. The van der Waals surface area contributed by atoms with E-state index in [2.05, 4.69) is 5.16 Å². The molecule has 0 saturated carbocycles. The van der Waals surface area contributed by atoms with E-state index in [4.69, 9.17) is 9.57 Å². The monoisotopic (exact) mass is 330 g/mol. The summed E-state index contributed by atoms with van der Waals surface area (Å²) in [6.45, 7) is 3.58. The van der Waals surface area contributed by atoms with Gasteiger partial charge in [0.25, 0.3) is 0 Å². The molecular formula is C17H18N2O5. The van der Waals surface area contributed by atoms with Crippen LogP contribution in [0, 0.1) is 10.1 Å². The van der Waals surface area contributed by atoms with Gasteiger partial charge < -0.3 is 9.57 Å². The fourth-order valence-corrected chi connectivity index (χ4v) is 3.41. The number of fused-ring (bicyclic) bond motifs is 1. The Morgan fingerprint density at radius 2 is 2.12 bits per heavy atom. The lowest BCUT2D eigenvalue weighted by Gasteiger charge is -2.37. The summed E-state index contributed by atoms with van der Waals surface area (Å²) in [6, 6.07) is 8.78. The predicted molar refractivity (Wildman–Crippen MR) is 86.1 cm³/mol. The van der Waals surface area contributed by atoms with Gasteiger partial charge in [0, 0.05) is 23.3 Å². The lowest BCUT2D eigenvalue weighted by Crippen LogP contribution is -2.66. The molecule has 0 radical (unpaired) electrons. The third-order valence-electron chi connectivity index (χ3n) is 4.59. The van der Waals surface area contributed by atoms with Gasteiger partial charge in [-0.25, -0.2) is 4.79 Å². The van der Waals surface area contributed by atoms with E-state index in [1.165, 1.54) is 0 Å². The van der Waals surface area contributed by atoms with E-state index in [-0.39, 0.29) is 25.2 Å². The van der Waals surface area contributed by atoms with Crippen molar-refractivity contribution in [1.29, 1.82) is 0 Å². The van der Waals surface area contributed by atoms with Crippen molar-refractivity contribution in [1.82, 2.24) is 0 Å². The Morgan fingerprint density at radius 1 is 1.42 bits per heavy atom. The molecule has 7 heteroatoms. The zero-order chi connectivity index (χ0) is 17.4. The number of rotatable bonds is 4. The van der Waals surface area contributed by atoms with Crippen LogP contribution >= 0.6 is 0 Å². The molecule has 24 heavy (non-hydrogen) atoms. The van der Waals surface area contributed by atoms with Crippen LogP contribution in [0.25, 0.3) is 0 Å². The van der Waals surface area contributed by atoms with Crippen LogP contribution in [0.3, 0.4) is 0 Å². The minimum Gasteiger partial charge on any atom is -0.463 e. The second kappa shape index (κ2) is 5.74. The molecular weight excluding hydrogens is 312 g/mol. The highest BCUT2D eigenvalue weighted by Gasteiger charge is 2.76. The molecule has 1 heterocycles. The van der Waals surface area contributed by atoms with E-state index < -0.39 is 22.0 Å². The summed E-state index contributed by atoms with van der Waals surface area (Å²) < 4.78 is 5.12. The highest BCUT2D eigenvalue weighted by Crippen LogP contribution is 2.48. The van der Waals surface area contributed by atoms with Crippen molar-refractivity contribution in [2.24, 2.45) is 5.16 Å². The Morgan fingerprint density at radius 3 is 2.75 bits per heavy atom. The molecule has 1 aromatic carbocycles. The molecule has 1 aliphatic carbocycles. The van der Waals surface area contributed by atoms with Crippen molar-refractivity contribution in [2.45, 2.75) is 37.8 Å². The maximum absolute atomic E-state index is 12.7. The highest BCUT2D eigenvalue weighted by atomic mass is 16.7. The molecule has 0 aromatic heterocycles. The van der Waals surface area contributed by atoms with Crippen LogP contribution in [0.4, 0.5) is 0 Å². The van der Waals surface area contributed by atoms with Crippen LogP contribution in [0.2, 0.25) is 0 Å². The van der Waals surface area contributed by atoms with Crippen molar-refractivity contribution < 1.29 is 19.3 Å². The van der Waals surface area contributed by atoms with Crippen molar-refractivity contribution in [3.05, 3.63) is 57.7 Å². The first-order chi connectivity index (χ1) is 11.5. The lowest BCUT2D eigenvalue weighted by atomic mass is 9.66. The van der Waals surface area contributed by atoms with Gasteiger partial charge in [0.2, 0.25) is 0 Å². The molecule has 0 bridgehead atoms. The summed E-state index contributed by atoms with van der Waals surface area (Å²) in [5, 5.41) is 16.2. The summed E-state index contributed by atoms with van der Waals surface area (Å²) >= 11 is 0. The Kier molecular flexibility index (Phi) is 3.87. The first kappa shape index (κ1) is 16.2. The summed E-state index contributed by atoms with van der Waals surface area (Å²) in [6.07, 6.45) is 1.87. The number of nitro groups is 1. The lowest BCUT2D eigenvalue weighted by molar-refractivity contribution is -0.564. The molecule has 0 saturated heterocycles. The van der Waals surface area contributed by atoms with Crippen LogP contribution in [0.15, 0.2) is 47.1 Å². The van der Waals surface area contributed by atoms with Crippen LogP contribution in [0.5, 0.6) is 0 Å². The normalized spacial score (nSPS) is 28.2. The number of carbonyl (C=O) groups is 1. The predicted octanol–water partition coefficient (Wildman–Crippen LogP) is 2.48. The number of nitrogens with zero attached hydrogens (tertiary/aromatic N) is 2. The Labute approximate surface area is 139 Å². The summed E-state index contributed by atoms with van der Waals surface area (Å²) in [7, 11) is 0. The van der Waals surface area contributed by atoms with Crippen molar-refractivity contribution >= 4 is 11.7 Å². The number of carbonyl (C=O) groups excluding carboxylic acids is 1. The second-order valence-corrected chi connectivity index (χ2v) is 5.99. The molecule has 1 aliphatic heterocycles. The van der Waals surface area contributed by atoms with E-state index in [1.54, 1.807) is 37.3 Å². The maximum Gasteiger partial charge on any atom is 0.362 e. The molecule has 0 spiro atoms. The Hall–Kier alpha value is -2.70. The van der Waals surface area contributed by atoms with E-state index in [9.17, 15) is 14.9 Å². The second-order valence-electron chi connectivity index (χ2n) is 5.99. The van der Waals surface area contributed by atoms with Crippen LogP contribution < -0.4 is 0 Å². The van der Waals surface area contributed by atoms with Crippen molar-refractivity contribution in [3.8, 4) is 0 Å². The van der Waals surface area contributed by atoms with Gasteiger partial charge in [-0.2, -0.15) is 0 Å². The highest BCUT2D eigenvalue weighted by molar-refractivity contribution is 6.11. The fourth-order valence-electron chi connectivity index (χ4n) is 3.41. The fraction of sp³-hybridized carbons (Fsp3) is 0.412. The van der Waals surface area contributed by atoms with Crippen molar-refractivity contribution in [3.63, 3.8) is 0 Å². The van der Waals surface area contributed by atoms with Gasteiger partial charge in [0.05, 0.1) is 6.61 Å². The van der Waals surface area contributed by atoms with Crippen LogP contribution in [-0.4, -0.2) is 34.4 Å². The Balaban J connectivity index is 2.20. The van der Waals surface area contributed by atoms with E-state index >= 15 is 0 Å². The van der Waals surface area contributed by atoms with Gasteiger partial charge in [-0.05, 0) is 13.8 Å². The van der Waals surface area contributed by atoms with Gasteiger partial charge in [-0.1, -0.05) is 47.1 Å². The maximum atomic E-state index is 12.7. The average molecular weight is 330 g/mol. The minimum absolute atomic E-state index is 0.0262. The number of hydrogen-bond acceptors (Lipinski definition) is 6.